The number of aromatic nitrogens is 2. The van der Waals surface area contributed by atoms with Crippen molar-refractivity contribution in [3.8, 4) is 11.1 Å². The molecule has 0 aliphatic rings. The van der Waals surface area contributed by atoms with Gasteiger partial charge >= 0.3 is 0 Å². The van der Waals surface area contributed by atoms with Gasteiger partial charge in [0.15, 0.2) is 0 Å². The van der Waals surface area contributed by atoms with E-state index in [0.717, 1.165) is 21.5 Å². The molecule has 4 heteroatoms. The summed E-state index contributed by atoms with van der Waals surface area (Å²) in [5.41, 5.74) is 4.19. The number of benzene rings is 1. The zero-order chi connectivity index (χ0) is 13.6. The molecule has 0 spiro atoms. The lowest BCUT2D eigenvalue weighted by molar-refractivity contribution is 1.06. The molecule has 1 N–H and O–H groups in total. The summed E-state index contributed by atoms with van der Waals surface area (Å²) < 4.78 is 0.707. The zero-order valence-electron chi connectivity index (χ0n) is 11.1. The van der Waals surface area contributed by atoms with Gasteiger partial charge in [-0.15, -0.1) is 11.3 Å². The van der Waals surface area contributed by atoms with Crippen molar-refractivity contribution < 1.29 is 0 Å². The maximum atomic E-state index is 12.0. The Kier molecular flexibility index (Phi) is 2.75. The minimum absolute atomic E-state index is 0.0473. The largest absolute Gasteiger partial charge is 0.310 e. The van der Waals surface area contributed by atoms with Crippen LogP contribution in [0.5, 0.6) is 0 Å². The Balaban J connectivity index is 2.37. The molecule has 96 valence electrons. The van der Waals surface area contributed by atoms with Crippen LogP contribution in [0.25, 0.3) is 21.3 Å². The quantitative estimate of drug-likeness (QED) is 0.734. The van der Waals surface area contributed by atoms with Crippen molar-refractivity contribution in [2.45, 2.75) is 20.8 Å². The van der Waals surface area contributed by atoms with E-state index in [1.807, 2.05) is 13.8 Å². The van der Waals surface area contributed by atoms with Gasteiger partial charge in [-0.3, -0.25) is 4.79 Å². The Labute approximate surface area is 115 Å². The van der Waals surface area contributed by atoms with Gasteiger partial charge in [0.05, 0.1) is 5.52 Å². The van der Waals surface area contributed by atoms with Crippen LogP contribution in [0.4, 0.5) is 0 Å². The van der Waals surface area contributed by atoms with Crippen LogP contribution in [0.1, 0.15) is 16.3 Å². The van der Waals surface area contributed by atoms with Crippen LogP contribution in [-0.4, -0.2) is 9.97 Å². The number of H-pyrrole nitrogens is 1. The number of fused-ring (bicyclic) bond motifs is 1. The van der Waals surface area contributed by atoms with Crippen LogP contribution in [-0.2, 0) is 0 Å². The zero-order valence-corrected chi connectivity index (χ0v) is 11.9. The third-order valence-electron chi connectivity index (χ3n) is 3.18. The van der Waals surface area contributed by atoms with Crippen molar-refractivity contribution in [1.82, 2.24) is 9.97 Å². The monoisotopic (exact) mass is 270 g/mol. The second-order valence-electron chi connectivity index (χ2n) is 4.73. The molecule has 2 heterocycles. The van der Waals surface area contributed by atoms with E-state index in [-0.39, 0.29) is 5.56 Å². The maximum absolute atomic E-state index is 12.0. The normalized spacial score (nSPS) is 11.1. The third kappa shape index (κ3) is 1.98. The number of aryl methyl sites for hydroxylation is 3. The summed E-state index contributed by atoms with van der Waals surface area (Å²) in [7, 11) is 0. The third-order valence-corrected chi connectivity index (χ3v) is 4.27. The number of thiophene rings is 1. The first kappa shape index (κ1) is 12.1. The van der Waals surface area contributed by atoms with Crippen molar-refractivity contribution in [1.29, 1.82) is 0 Å². The molecule has 0 saturated heterocycles. The minimum Gasteiger partial charge on any atom is -0.310 e. The maximum Gasteiger partial charge on any atom is 0.268 e. The predicted molar refractivity (Wildman–Crippen MR) is 79.9 cm³/mol. The second-order valence-corrected chi connectivity index (χ2v) is 5.95. The molecule has 0 unspecified atom stereocenters. The first-order chi connectivity index (χ1) is 9.06. The van der Waals surface area contributed by atoms with Gasteiger partial charge in [-0.2, -0.15) is 0 Å². The van der Waals surface area contributed by atoms with E-state index in [0.29, 0.717) is 10.5 Å². The summed E-state index contributed by atoms with van der Waals surface area (Å²) in [5.74, 6) is 0.656. The summed E-state index contributed by atoms with van der Waals surface area (Å²) in [6.07, 6.45) is 0. The molecule has 0 fully saturated rings. The average Bonchev–Trinajstić information content (AvgIpc) is 2.67. The van der Waals surface area contributed by atoms with Crippen LogP contribution in [0.3, 0.4) is 0 Å². The fraction of sp³-hybridized carbons (Fsp3) is 0.200. The van der Waals surface area contributed by atoms with Gasteiger partial charge in [-0.25, -0.2) is 4.98 Å². The molecular weight excluding hydrogens is 256 g/mol. The molecule has 3 rings (SSSR count). The fourth-order valence-corrected chi connectivity index (χ4v) is 3.28. The van der Waals surface area contributed by atoms with Crippen molar-refractivity contribution >= 4 is 21.6 Å². The van der Waals surface area contributed by atoms with E-state index < -0.39 is 0 Å². The topological polar surface area (TPSA) is 45.8 Å². The summed E-state index contributed by atoms with van der Waals surface area (Å²) in [5, 5.41) is 0. The van der Waals surface area contributed by atoms with Crippen LogP contribution in [0.15, 0.2) is 29.1 Å². The van der Waals surface area contributed by atoms with Crippen molar-refractivity contribution in [3.05, 3.63) is 50.9 Å². The lowest BCUT2D eigenvalue weighted by Gasteiger charge is -2.02. The highest BCUT2D eigenvalue weighted by atomic mass is 32.1. The Morgan fingerprint density at radius 3 is 2.47 bits per heavy atom. The van der Waals surface area contributed by atoms with Crippen LogP contribution in [0, 0.1) is 20.8 Å². The molecule has 0 amide bonds. The predicted octanol–water partition coefficient (Wildman–Crippen LogP) is 3.58. The van der Waals surface area contributed by atoms with Gasteiger partial charge in [0, 0.05) is 10.4 Å². The Bertz CT molecular complexity index is 813. The summed E-state index contributed by atoms with van der Waals surface area (Å²) >= 11 is 1.51. The SMILES string of the molecule is Cc1ccc(-c2c(C)sc3c(=O)[nH]c(C)nc23)cc1. The first-order valence-corrected chi connectivity index (χ1v) is 6.95. The number of hydrogen-bond donors (Lipinski definition) is 1. The van der Waals surface area contributed by atoms with Gasteiger partial charge in [-0.1, -0.05) is 29.8 Å². The second kappa shape index (κ2) is 4.31. The molecule has 0 aliphatic carbocycles. The minimum atomic E-state index is -0.0473. The van der Waals surface area contributed by atoms with E-state index in [2.05, 4.69) is 41.2 Å². The van der Waals surface area contributed by atoms with E-state index in [4.69, 9.17) is 0 Å². The van der Waals surface area contributed by atoms with Gasteiger partial charge < -0.3 is 4.98 Å². The van der Waals surface area contributed by atoms with Gasteiger partial charge in [-0.05, 0) is 26.3 Å². The highest BCUT2D eigenvalue weighted by molar-refractivity contribution is 7.19. The van der Waals surface area contributed by atoms with E-state index >= 15 is 0 Å². The number of rotatable bonds is 1. The molecule has 0 aliphatic heterocycles. The number of hydrogen-bond acceptors (Lipinski definition) is 3. The average molecular weight is 270 g/mol. The highest BCUT2D eigenvalue weighted by Gasteiger charge is 2.15. The molecule has 19 heavy (non-hydrogen) atoms. The van der Waals surface area contributed by atoms with Crippen LogP contribution in [0.2, 0.25) is 0 Å². The number of nitrogens with one attached hydrogen (secondary N) is 1. The van der Waals surface area contributed by atoms with Gasteiger partial charge in [0.25, 0.3) is 5.56 Å². The van der Waals surface area contributed by atoms with Crippen LogP contribution >= 0.6 is 11.3 Å². The summed E-state index contributed by atoms with van der Waals surface area (Å²) in [4.78, 5) is 20.4. The Morgan fingerprint density at radius 2 is 1.79 bits per heavy atom. The molecule has 0 bridgehead atoms. The number of aromatic amines is 1. The molecule has 0 radical (unpaired) electrons. The smallest absolute Gasteiger partial charge is 0.268 e. The van der Waals surface area contributed by atoms with Crippen molar-refractivity contribution in [2.24, 2.45) is 0 Å². The van der Waals surface area contributed by atoms with Crippen molar-refractivity contribution in [3.63, 3.8) is 0 Å². The lowest BCUT2D eigenvalue weighted by atomic mass is 10.0. The summed E-state index contributed by atoms with van der Waals surface area (Å²) in [6.45, 7) is 5.92. The standard InChI is InChI=1S/C15H14N2OS/c1-8-4-6-11(7-5-8)12-9(2)19-14-13(12)16-10(3)17-15(14)18/h4-7H,1-3H3,(H,16,17,18). The molecule has 2 aromatic heterocycles. The Hall–Kier alpha value is -1.94. The molecule has 0 saturated carbocycles. The highest BCUT2D eigenvalue weighted by Crippen LogP contribution is 2.35. The molecule has 0 atom stereocenters. The van der Waals surface area contributed by atoms with Crippen molar-refractivity contribution in [2.75, 3.05) is 0 Å². The molecule has 3 aromatic rings. The van der Waals surface area contributed by atoms with E-state index in [1.54, 1.807) is 0 Å². The lowest BCUT2D eigenvalue weighted by Crippen LogP contribution is -2.07. The number of nitrogens with zero attached hydrogens (tertiary/aromatic N) is 1. The van der Waals surface area contributed by atoms with E-state index in [9.17, 15) is 4.79 Å². The molecule has 3 nitrogen and oxygen atoms in total. The van der Waals surface area contributed by atoms with Crippen LogP contribution < -0.4 is 5.56 Å². The fourth-order valence-electron chi connectivity index (χ4n) is 2.27. The molecule has 1 aromatic carbocycles. The summed E-state index contributed by atoms with van der Waals surface area (Å²) in [6, 6.07) is 8.33. The molecular formula is C15H14N2OS. The Morgan fingerprint density at radius 1 is 1.11 bits per heavy atom. The van der Waals surface area contributed by atoms with Gasteiger partial charge in [0.2, 0.25) is 0 Å². The van der Waals surface area contributed by atoms with Gasteiger partial charge in [0.1, 0.15) is 10.5 Å². The van der Waals surface area contributed by atoms with E-state index in [1.165, 1.54) is 16.9 Å². The first-order valence-electron chi connectivity index (χ1n) is 6.13.